The van der Waals surface area contributed by atoms with E-state index in [1.54, 1.807) is 0 Å². The predicted molar refractivity (Wildman–Crippen MR) is 270 cm³/mol. The molecular weight excluding hydrogens is 781 g/mol. The molecule has 63 heavy (non-hydrogen) atoms. The minimum Gasteiger partial charge on any atom is -0.462 e. The fourth-order valence-corrected chi connectivity index (χ4v) is 7.90. The maximum Gasteiger partial charge on any atom is 0.306 e. The van der Waals surface area contributed by atoms with Crippen LogP contribution in [0.1, 0.15) is 290 Å². The van der Waals surface area contributed by atoms with Crippen molar-refractivity contribution in [2.75, 3.05) is 13.2 Å². The third-order valence-electron chi connectivity index (χ3n) is 12.1. The molecule has 368 valence electrons. The standard InChI is InChI=1S/C57H104O6/c1-4-7-10-13-16-19-22-25-27-28-30-32-35-38-41-44-47-50-56(59)62-53-54(52-61-55(58)49-46-43-40-37-34-31-24-21-18-15-12-9-6-3)63-57(60)51-48-45-42-39-36-33-29-26-23-20-17-14-11-8-5-2/h21,24-27,29,54H,4-20,22-23,28,30-53H2,1-3H3/b24-21-,27-25-,29-26-/t54-/m1/s1. The highest BCUT2D eigenvalue weighted by Crippen LogP contribution is 2.15. The maximum atomic E-state index is 12.8. The fraction of sp³-hybridized carbons (Fsp3) is 0.842. The Morgan fingerprint density at radius 1 is 0.302 bits per heavy atom. The zero-order chi connectivity index (χ0) is 45.8. The van der Waals surface area contributed by atoms with E-state index in [0.29, 0.717) is 19.3 Å². The molecule has 0 saturated carbocycles. The summed E-state index contributed by atoms with van der Waals surface area (Å²) in [7, 11) is 0. The van der Waals surface area contributed by atoms with Gasteiger partial charge in [0.15, 0.2) is 6.10 Å². The van der Waals surface area contributed by atoms with Crippen LogP contribution in [0, 0.1) is 0 Å². The fourth-order valence-electron chi connectivity index (χ4n) is 7.90. The lowest BCUT2D eigenvalue weighted by Crippen LogP contribution is -2.30. The molecule has 0 radical (unpaired) electrons. The Balaban J connectivity index is 4.37. The molecule has 0 saturated heterocycles. The van der Waals surface area contributed by atoms with Crippen LogP contribution < -0.4 is 0 Å². The molecule has 0 aliphatic heterocycles. The van der Waals surface area contributed by atoms with Crippen LogP contribution in [-0.2, 0) is 28.6 Å². The van der Waals surface area contributed by atoms with E-state index in [2.05, 4.69) is 57.2 Å². The SMILES string of the molecule is CCCCCC/C=C\CCCCCCCC(=O)OC[C@H](COC(=O)CCCCCCCCC/C=C\CCCCCCCC)OC(=O)CCCCCCC/C=C\CCCCCCCC. The van der Waals surface area contributed by atoms with Gasteiger partial charge in [-0.25, -0.2) is 0 Å². The van der Waals surface area contributed by atoms with Crippen molar-refractivity contribution in [2.24, 2.45) is 0 Å². The van der Waals surface area contributed by atoms with Gasteiger partial charge in [-0.2, -0.15) is 0 Å². The Kier molecular flexibility index (Phi) is 50.3. The van der Waals surface area contributed by atoms with E-state index in [1.165, 1.54) is 180 Å². The van der Waals surface area contributed by atoms with Crippen molar-refractivity contribution in [2.45, 2.75) is 297 Å². The van der Waals surface area contributed by atoms with Crippen molar-refractivity contribution in [1.29, 1.82) is 0 Å². The summed E-state index contributed by atoms with van der Waals surface area (Å²) in [6.45, 7) is 6.62. The quantitative estimate of drug-likeness (QED) is 0.0262. The number of carbonyl (C=O) groups excluding carboxylic acids is 3. The van der Waals surface area contributed by atoms with Crippen LogP contribution in [0.25, 0.3) is 0 Å². The van der Waals surface area contributed by atoms with Crippen molar-refractivity contribution in [3.05, 3.63) is 36.5 Å². The molecule has 0 spiro atoms. The molecule has 0 unspecified atom stereocenters. The number of ether oxygens (including phenoxy) is 3. The van der Waals surface area contributed by atoms with Crippen molar-refractivity contribution < 1.29 is 28.6 Å². The molecule has 6 nitrogen and oxygen atoms in total. The summed E-state index contributed by atoms with van der Waals surface area (Å²) in [6.07, 6.45) is 61.2. The van der Waals surface area contributed by atoms with Crippen molar-refractivity contribution in [3.63, 3.8) is 0 Å². The second-order valence-corrected chi connectivity index (χ2v) is 18.5. The summed E-state index contributed by atoms with van der Waals surface area (Å²) < 4.78 is 16.8. The smallest absolute Gasteiger partial charge is 0.306 e. The molecule has 0 rings (SSSR count). The lowest BCUT2D eigenvalue weighted by atomic mass is 10.1. The van der Waals surface area contributed by atoms with Gasteiger partial charge in [-0.3, -0.25) is 14.4 Å². The van der Waals surface area contributed by atoms with E-state index < -0.39 is 6.10 Å². The molecule has 0 aliphatic rings. The Hall–Kier alpha value is -2.37. The number of unbranched alkanes of at least 4 members (excludes halogenated alkanes) is 33. The van der Waals surface area contributed by atoms with Crippen LogP contribution in [0.3, 0.4) is 0 Å². The number of esters is 3. The molecule has 0 aliphatic carbocycles. The maximum absolute atomic E-state index is 12.8. The van der Waals surface area contributed by atoms with Gasteiger partial charge in [0.1, 0.15) is 13.2 Å². The zero-order valence-electron chi connectivity index (χ0n) is 42.1. The van der Waals surface area contributed by atoms with Gasteiger partial charge in [-0.05, 0) is 96.3 Å². The lowest BCUT2D eigenvalue weighted by Gasteiger charge is -2.18. The first-order chi connectivity index (χ1) is 31.0. The Labute approximate surface area is 391 Å². The number of hydrogen-bond acceptors (Lipinski definition) is 6. The molecule has 0 fully saturated rings. The summed E-state index contributed by atoms with van der Waals surface area (Å²) in [4.78, 5) is 38.0. The van der Waals surface area contributed by atoms with E-state index in [9.17, 15) is 14.4 Å². The molecule has 0 N–H and O–H groups in total. The van der Waals surface area contributed by atoms with Crippen LogP contribution in [0.5, 0.6) is 0 Å². The molecule has 0 aromatic heterocycles. The average molecular weight is 885 g/mol. The lowest BCUT2D eigenvalue weighted by molar-refractivity contribution is -0.167. The van der Waals surface area contributed by atoms with E-state index in [0.717, 1.165) is 70.6 Å². The highest BCUT2D eigenvalue weighted by molar-refractivity contribution is 5.71. The van der Waals surface area contributed by atoms with Crippen LogP contribution in [0.4, 0.5) is 0 Å². The molecule has 0 bridgehead atoms. The minimum absolute atomic E-state index is 0.0786. The largest absolute Gasteiger partial charge is 0.462 e. The summed E-state index contributed by atoms with van der Waals surface area (Å²) in [5, 5.41) is 0. The summed E-state index contributed by atoms with van der Waals surface area (Å²) in [5.74, 6) is -0.888. The number of allylic oxidation sites excluding steroid dienone is 6. The van der Waals surface area contributed by atoms with Gasteiger partial charge in [0.25, 0.3) is 0 Å². The van der Waals surface area contributed by atoms with E-state index in [-0.39, 0.29) is 31.1 Å². The molecule has 0 aromatic carbocycles. The third-order valence-corrected chi connectivity index (χ3v) is 12.1. The molecule has 0 aromatic rings. The van der Waals surface area contributed by atoms with Crippen molar-refractivity contribution >= 4 is 17.9 Å². The van der Waals surface area contributed by atoms with E-state index >= 15 is 0 Å². The zero-order valence-corrected chi connectivity index (χ0v) is 42.1. The van der Waals surface area contributed by atoms with Gasteiger partial charge in [0.2, 0.25) is 0 Å². The molecule has 6 heteroatoms. The van der Waals surface area contributed by atoms with Gasteiger partial charge >= 0.3 is 17.9 Å². The molecular formula is C57H104O6. The second-order valence-electron chi connectivity index (χ2n) is 18.5. The average Bonchev–Trinajstić information content (AvgIpc) is 3.28. The summed E-state index contributed by atoms with van der Waals surface area (Å²) in [6, 6.07) is 0. The number of rotatable bonds is 50. The Bertz CT molecular complexity index is 1060. The predicted octanol–water partition coefficient (Wildman–Crippen LogP) is 18.1. The third kappa shape index (κ3) is 50.5. The summed E-state index contributed by atoms with van der Waals surface area (Å²) in [5.41, 5.74) is 0. The first-order valence-corrected chi connectivity index (χ1v) is 27.5. The van der Waals surface area contributed by atoms with Gasteiger partial charge < -0.3 is 14.2 Å². The van der Waals surface area contributed by atoms with Crippen LogP contribution in [-0.4, -0.2) is 37.2 Å². The monoisotopic (exact) mass is 885 g/mol. The molecule has 0 amide bonds. The van der Waals surface area contributed by atoms with E-state index in [4.69, 9.17) is 14.2 Å². The Morgan fingerprint density at radius 3 is 0.810 bits per heavy atom. The van der Waals surface area contributed by atoms with Crippen molar-refractivity contribution in [3.8, 4) is 0 Å². The topological polar surface area (TPSA) is 78.9 Å². The van der Waals surface area contributed by atoms with Crippen LogP contribution in [0.15, 0.2) is 36.5 Å². The van der Waals surface area contributed by atoms with Crippen molar-refractivity contribution in [1.82, 2.24) is 0 Å². The first kappa shape index (κ1) is 60.6. The first-order valence-electron chi connectivity index (χ1n) is 27.5. The highest BCUT2D eigenvalue weighted by Gasteiger charge is 2.19. The van der Waals surface area contributed by atoms with Gasteiger partial charge in [0.05, 0.1) is 0 Å². The van der Waals surface area contributed by atoms with Gasteiger partial charge in [-0.15, -0.1) is 0 Å². The summed E-state index contributed by atoms with van der Waals surface area (Å²) >= 11 is 0. The van der Waals surface area contributed by atoms with Crippen LogP contribution in [0.2, 0.25) is 0 Å². The molecule has 1 atom stereocenters. The van der Waals surface area contributed by atoms with Gasteiger partial charge in [-0.1, -0.05) is 211 Å². The molecule has 0 heterocycles. The van der Waals surface area contributed by atoms with Crippen LogP contribution >= 0.6 is 0 Å². The normalized spacial score (nSPS) is 12.2. The van der Waals surface area contributed by atoms with Gasteiger partial charge in [0, 0.05) is 19.3 Å². The number of carbonyl (C=O) groups is 3. The van der Waals surface area contributed by atoms with E-state index in [1.807, 2.05) is 0 Å². The Morgan fingerprint density at radius 2 is 0.524 bits per heavy atom. The minimum atomic E-state index is -0.779. The second kappa shape index (κ2) is 52.3. The number of hydrogen-bond donors (Lipinski definition) is 0. The highest BCUT2D eigenvalue weighted by atomic mass is 16.6.